The number of fused-ring (bicyclic) bond motifs is 6. The Labute approximate surface area is 342 Å². The third-order valence-electron chi connectivity index (χ3n) is 9.99. The van der Waals surface area contributed by atoms with Crippen LogP contribution in [0.5, 0.6) is 0 Å². The Morgan fingerprint density at radius 1 is 0.481 bits per heavy atom. The van der Waals surface area contributed by atoms with Crippen LogP contribution in [0.4, 0.5) is 21.5 Å². The molecule has 0 aliphatic carbocycles. The van der Waals surface area contributed by atoms with E-state index in [0.717, 1.165) is 49.0 Å². The van der Waals surface area contributed by atoms with Crippen LogP contribution in [0.3, 0.4) is 0 Å². The molecule has 0 saturated carbocycles. The number of halogens is 4. The van der Waals surface area contributed by atoms with Gasteiger partial charge in [0.05, 0.1) is 6.54 Å². The zero-order valence-electron chi connectivity index (χ0n) is 28.1. The van der Waals surface area contributed by atoms with E-state index in [9.17, 15) is 0 Å². The van der Waals surface area contributed by atoms with Crippen LogP contribution in [0, 0.1) is 23.5 Å². The number of rotatable bonds is 7. The standard InChI is InChI=1S/C45H31FI3N3/c1-28-10-14-33(15-11-28)52(34-16-20-44-38(24-34)36-6-2-4-8-42(36)50(44)26-29-22-31(47)12-18-40(29)46)35-17-21-45-39(25-35)37-7-3-5-9-43(37)51(45)27-30-23-32(48)13-19-41(30)49/h2-25H,26-27H2,1H3. The van der Waals surface area contributed by atoms with E-state index in [2.05, 4.69) is 216 Å². The maximum Gasteiger partial charge on any atom is 0.128 e. The predicted octanol–water partition coefficient (Wildman–Crippen LogP) is 13.7. The molecule has 52 heavy (non-hydrogen) atoms. The van der Waals surface area contributed by atoms with Crippen molar-refractivity contribution in [1.29, 1.82) is 0 Å². The van der Waals surface area contributed by atoms with Gasteiger partial charge in [0.15, 0.2) is 0 Å². The molecule has 0 saturated heterocycles. The maximum absolute atomic E-state index is 15.1. The summed E-state index contributed by atoms with van der Waals surface area (Å²) < 4.78 is 23.3. The molecule has 9 aromatic rings. The lowest BCUT2D eigenvalue weighted by molar-refractivity contribution is 0.603. The fourth-order valence-electron chi connectivity index (χ4n) is 7.51. The highest BCUT2D eigenvalue weighted by Gasteiger charge is 2.20. The largest absolute Gasteiger partial charge is 0.336 e. The van der Waals surface area contributed by atoms with Gasteiger partial charge in [-0.25, -0.2) is 4.39 Å². The summed E-state index contributed by atoms with van der Waals surface area (Å²) in [4.78, 5) is 2.36. The summed E-state index contributed by atoms with van der Waals surface area (Å²) in [6.07, 6.45) is 0. The number of aryl methyl sites for hydroxylation is 1. The molecule has 0 unspecified atom stereocenters. The molecule has 2 heterocycles. The van der Waals surface area contributed by atoms with Crippen LogP contribution in [-0.4, -0.2) is 9.13 Å². The maximum atomic E-state index is 15.1. The van der Waals surface area contributed by atoms with Crippen LogP contribution < -0.4 is 4.90 Å². The topological polar surface area (TPSA) is 13.1 Å². The molecule has 7 aromatic carbocycles. The van der Waals surface area contributed by atoms with Crippen molar-refractivity contribution in [3.63, 3.8) is 0 Å². The van der Waals surface area contributed by atoms with Gasteiger partial charge in [0.25, 0.3) is 0 Å². The Hall–Kier alpha value is -3.94. The average molecular weight is 1010 g/mol. The molecule has 0 atom stereocenters. The number of hydrogen-bond donors (Lipinski definition) is 0. The van der Waals surface area contributed by atoms with E-state index in [1.54, 1.807) is 6.07 Å². The molecule has 3 nitrogen and oxygen atoms in total. The third-order valence-corrected chi connectivity index (χ3v) is 12.4. The molecule has 0 bridgehead atoms. The molecule has 0 aliphatic heterocycles. The number of para-hydroxylation sites is 2. The van der Waals surface area contributed by atoms with Gasteiger partial charge in [-0.05, 0) is 177 Å². The van der Waals surface area contributed by atoms with E-state index >= 15 is 4.39 Å². The number of nitrogens with zero attached hydrogens (tertiary/aromatic N) is 3. The van der Waals surface area contributed by atoms with E-state index in [0.29, 0.717) is 12.1 Å². The summed E-state index contributed by atoms with van der Waals surface area (Å²) in [5.41, 5.74) is 11.1. The molecule has 9 rings (SSSR count). The molecule has 0 N–H and O–H groups in total. The SMILES string of the molecule is Cc1ccc(N(c2ccc3c(c2)c2ccccc2n3Cc2cc(I)ccc2F)c2ccc3c(c2)c2ccccc2n3Cc2cc(I)ccc2I)cc1. The van der Waals surface area contributed by atoms with Crippen molar-refractivity contribution in [2.24, 2.45) is 0 Å². The fraction of sp³-hybridized carbons (Fsp3) is 0.0667. The lowest BCUT2D eigenvalue weighted by Gasteiger charge is -2.26. The molecule has 0 fully saturated rings. The molecule has 0 amide bonds. The second kappa shape index (κ2) is 13.8. The first-order chi connectivity index (χ1) is 25.3. The van der Waals surface area contributed by atoms with Gasteiger partial charge in [-0.2, -0.15) is 0 Å². The number of anilines is 3. The van der Waals surface area contributed by atoms with Crippen molar-refractivity contribution in [2.45, 2.75) is 20.0 Å². The molecule has 2 aromatic heterocycles. The van der Waals surface area contributed by atoms with Crippen LogP contribution in [0.1, 0.15) is 16.7 Å². The minimum Gasteiger partial charge on any atom is -0.336 e. The second-order valence-electron chi connectivity index (χ2n) is 13.3. The quantitative estimate of drug-likeness (QED) is 0.145. The Morgan fingerprint density at radius 2 is 0.962 bits per heavy atom. The van der Waals surface area contributed by atoms with E-state index in [1.165, 1.54) is 40.1 Å². The Balaban J connectivity index is 1.22. The van der Waals surface area contributed by atoms with Crippen molar-refractivity contribution in [3.05, 3.63) is 179 Å². The first kappa shape index (κ1) is 33.9. The van der Waals surface area contributed by atoms with Gasteiger partial charge < -0.3 is 14.0 Å². The Bertz CT molecular complexity index is 2650. The van der Waals surface area contributed by atoms with Crippen LogP contribution in [0.2, 0.25) is 0 Å². The van der Waals surface area contributed by atoms with Crippen molar-refractivity contribution < 1.29 is 4.39 Å². The van der Waals surface area contributed by atoms with Crippen molar-refractivity contribution >= 4 is 128 Å². The third kappa shape index (κ3) is 6.08. The first-order valence-corrected chi connectivity index (χ1v) is 20.3. The summed E-state index contributed by atoms with van der Waals surface area (Å²) in [7, 11) is 0. The van der Waals surface area contributed by atoms with Crippen LogP contribution in [0.25, 0.3) is 43.6 Å². The van der Waals surface area contributed by atoms with Gasteiger partial charge in [-0.15, -0.1) is 0 Å². The molecular formula is C45H31FI3N3. The summed E-state index contributed by atoms with van der Waals surface area (Å²) in [5, 5.41) is 4.76. The highest BCUT2D eigenvalue weighted by molar-refractivity contribution is 14.1. The Morgan fingerprint density at radius 3 is 1.56 bits per heavy atom. The zero-order chi connectivity index (χ0) is 35.5. The molecule has 7 heteroatoms. The van der Waals surface area contributed by atoms with Crippen molar-refractivity contribution in [3.8, 4) is 0 Å². The number of hydrogen-bond acceptors (Lipinski definition) is 1. The molecule has 0 aliphatic rings. The van der Waals surface area contributed by atoms with Crippen molar-refractivity contribution in [2.75, 3.05) is 4.90 Å². The van der Waals surface area contributed by atoms with Gasteiger partial charge in [0.1, 0.15) is 5.82 Å². The highest BCUT2D eigenvalue weighted by atomic mass is 127. The smallest absolute Gasteiger partial charge is 0.128 e. The molecule has 0 radical (unpaired) electrons. The molecular weight excluding hydrogens is 982 g/mol. The lowest BCUT2D eigenvalue weighted by atomic mass is 10.1. The Kier molecular flexibility index (Phi) is 8.99. The summed E-state index contributed by atoms with van der Waals surface area (Å²) in [5.74, 6) is -0.182. The van der Waals surface area contributed by atoms with Gasteiger partial charge in [0, 0.05) is 83.5 Å². The summed E-state index contributed by atoms with van der Waals surface area (Å²) in [6, 6.07) is 51.6. The predicted molar refractivity (Wildman–Crippen MR) is 241 cm³/mol. The van der Waals surface area contributed by atoms with Crippen LogP contribution >= 0.6 is 67.8 Å². The number of aromatic nitrogens is 2. The first-order valence-electron chi connectivity index (χ1n) is 17.1. The van der Waals surface area contributed by atoms with E-state index in [1.807, 2.05) is 12.1 Å². The van der Waals surface area contributed by atoms with Crippen LogP contribution in [0.15, 0.2) is 146 Å². The molecule has 0 spiro atoms. The van der Waals surface area contributed by atoms with E-state index in [4.69, 9.17) is 0 Å². The van der Waals surface area contributed by atoms with Gasteiger partial charge in [0.2, 0.25) is 0 Å². The average Bonchev–Trinajstić information content (AvgIpc) is 3.64. The van der Waals surface area contributed by atoms with E-state index < -0.39 is 0 Å². The molecule has 254 valence electrons. The zero-order valence-corrected chi connectivity index (χ0v) is 34.6. The van der Waals surface area contributed by atoms with Gasteiger partial charge >= 0.3 is 0 Å². The summed E-state index contributed by atoms with van der Waals surface area (Å²) in [6.45, 7) is 3.38. The summed E-state index contributed by atoms with van der Waals surface area (Å²) >= 11 is 7.12. The minimum absolute atomic E-state index is 0.182. The second-order valence-corrected chi connectivity index (χ2v) is 16.9. The monoisotopic (exact) mass is 1010 g/mol. The minimum atomic E-state index is -0.182. The van der Waals surface area contributed by atoms with Gasteiger partial charge in [-0.1, -0.05) is 54.1 Å². The highest BCUT2D eigenvalue weighted by Crippen LogP contribution is 2.41. The fourth-order valence-corrected chi connectivity index (χ4v) is 9.13. The van der Waals surface area contributed by atoms with Crippen LogP contribution in [-0.2, 0) is 13.1 Å². The van der Waals surface area contributed by atoms with Gasteiger partial charge in [-0.3, -0.25) is 0 Å². The van der Waals surface area contributed by atoms with E-state index in [-0.39, 0.29) is 5.82 Å². The van der Waals surface area contributed by atoms with Crippen molar-refractivity contribution in [1.82, 2.24) is 9.13 Å². The number of benzene rings is 7. The normalized spacial score (nSPS) is 11.7. The lowest BCUT2D eigenvalue weighted by Crippen LogP contribution is -2.10.